The Hall–Kier alpha value is -0.120. The van der Waals surface area contributed by atoms with Crippen LogP contribution in [0.3, 0.4) is 0 Å². The van der Waals surface area contributed by atoms with Crippen molar-refractivity contribution in [3.05, 3.63) is 0 Å². The van der Waals surface area contributed by atoms with Crippen molar-refractivity contribution in [3.8, 4) is 0 Å². The molecule has 0 aromatic carbocycles. The SMILES string of the molecule is CC(C)(C(N)C1CCCOC1)N1CCCCC1. The quantitative estimate of drug-likeness (QED) is 0.820. The first kappa shape index (κ1) is 13.3. The Morgan fingerprint density at radius 3 is 2.47 bits per heavy atom. The van der Waals surface area contributed by atoms with Gasteiger partial charge in [0, 0.05) is 18.2 Å². The monoisotopic (exact) mass is 240 g/mol. The first-order valence-corrected chi connectivity index (χ1v) is 7.21. The fourth-order valence-electron chi connectivity index (χ4n) is 3.31. The maximum atomic E-state index is 6.54. The van der Waals surface area contributed by atoms with E-state index in [9.17, 15) is 0 Å². The molecule has 2 aliphatic rings. The maximum Gasteiger partial charge on any atom is 0.0509 e. The summed E-state index contributed by atoms with van der Waals surface area (Å²) in [7, 11) is 0. The van der Waals surface area contributed by atoms with Crippen LogP contribution in [-0.4, -0.2) is 42.8 Å². The minimum atomic E-state index is 0.117. The van der Waals surface area contributed by atoms with Crippen LogP contribution in [-0.2, 0) is 4.74 Å². The van der Waals surface area contributed by atoms with Crippen molar-refractivity contribution in [1.29, 1.82) is 0 Å². The lowest BCUT2D eigenvalue weighted by Gasteiger charge is -2.47. The molecule has 2 atom stereocenters. The van der Waals surface area contributed by atoms with Gasteiger partial charge in [0.25, 0.3) is 0 Å². The van der Waals surface area contributed by atoms with E-state index < -0.39 is 0 Å². The highest BCUT2D eigenvalue weighted by Gasteiger charge is 2.38. The third-order valence-corrected chi connectivity index (χ3v) is 4.69. The van der Waals surface area contributed by atoms with Crippen LogP contribution >= 0.6 is 0 Å². The summed E-state index contributed by atoms with van der Waals surface area (Å²) in [6, 6.07) is 0.237. The minimum Gasteiger partial charge on any atom is -0.381 e. The molecule has 17 heavy (non-hydrogen) atoms. The first-order valence-electron chi connectivity index (χ1n) is 7.21. The number of likely N-dealkylation sites (tertiary alicyclic amines) is 1. The van der Waals surface area contributed by atoms with Crippen LogP contribution in [0.2, 0.25) is 0 Å². The smallest absolute Gasteiger partial charge is 0.0509 e. The Kier molecular flexibility index (Phi) is 4.45. The van der Waals surface area contributed by atoms with Crippen LogP contribution in [0.4, 0.5) is 0 Å². The number of nitrogens with zero attached hydrogens (tertiary/aromatic N) is 1. The molecule has 2 heterocycles. The van der Waals surface area contributed by atoms with Crippen molar-refractivity contribution in [1.82, 2.24) is 4.90 Å². The van der Waals surface area contributed by atoms with Crippen LogP contribution in [0.15, 0.2) is 0 Å². The van der Waals surface area contributed by atoms with Crippen LogP contribution < -0.4 is 5.73 Å². The van der Waals surface area contributed by atoms with Gasteiger partial charge in [0.2, 0.25) is 0 Å². The number of piperidine rings is 1. The van der Waals surface area contributed by atoms with E-state index in [4.69, 9.17) is 10.5 Å². The van der Waals surface area contributed by atoms with Crippen molar-refractivity contribution in [2.45, 2.75) is 57.5 Å². The molecular formula is C14H28N2O. The van der Waals surface area contributed by atoms with Crippen LogP contribution in [0.25, 0.3) is 0 Å². The number of nitrogens with two attached hydrogens (primary N) is 1. The summed E-state index contributed by atoms with van der Waals surface area (Å²) in [5.74, 6) is 0.542. The number of rotatable bonds is 3. The van der Waals surface area contributed by atoms with E-state index in [2.05, 4.69) is 18.7 Å². The van der Waals surface area contributed by atoms with Gasteiger partial charge in [0.1, 0.15) is 0 Å². The minimum absolute atomic E-state index is 0.117. The van der Waals surface area contributed by atoms with Crippen molar-refractivity contribution < 1.29 is 4.74 Å². The number of hydrogen-bond donors (Lipinski definition) is 1. The number of hydrogen-bond acceptors (Lipinski definition) is 3. The fraction of sp³-hybridized carbons (Fsp3) is 1.00. The molecule has 2 N–H and O–H groups in total. The molecule has 0 aliphatic carbocycles. The largest absolute Gasteiger partial charge is 0.381 e. The maximum absolute atomic E-state index is 6.54. The summed E-state index contributed by atoms with van der Waals surface area (Å²) in [5, 5.41) is 0. The molecule has 3 heteroatoms. The van der Waals surface area contributed by atoms with E-state index in [0.29, 0.717) is 5.92 Å². The predicted octanol–water partition coefficient (Wildman–Crippen LogP) is 2.00. The van der Waals surface area contributed by atoms with Gasteiger partial charge in [-0.2, -0.15) is 0 Å². The Morgan fingerprint density at radius 2 is 1.88 bits per heavy atom. The third-order valence-electron chi connectivity index (χ3n) is 4.69. The molecule has 2 rings (SSSR count). The van der Waals surface area contributed by atoms with Gasteiger partial charge in [-0.3, -0.25) is 4.90 Å². The second-order valence-electron chi connectivity index (χ2n) is 6.20. The van der Waals surface area contributed by atoms with Gasteiger partial charge < -0.3 is 10.5 Å². The normalized spacial score (nSPS) is 30.2. The van der Waals surface area contributed by atoms with Crippen molar-refractivity contribution in [2.75, 3.05) is 26.3 Å². The summed E-state index contributed by atoms with van der Waals surface area (Å²) in [5.41, 5.74) is 6.65. The van der Waals surface area contributed by atoms with E-state index in [1.165, 1.54) is 45.2 Å². The Bertz CT molecular complexity index is 230. The van der Waals surface area contributed by atoms with E-state index >= 15 is 0 Å². The second kappa shape index (κ2) is 5.68. The van der Waals surface area contributed by atoms with Gasteiger partial charge in [-0.25, -0.2) is 0 Å². The fourth-order valence-corrected chi connectivity index (χ4v) is 3.31. The van der Waals surface area contributed by atoms with Crippen molar-refractivity contribution >= 4 is 0 Å². The zero-order chi connectivity index (χ0) is 12.3. The zero-order valence-corrected chi connectivity index (χ0v) is 11.5. The molecule has 100 valence electrons. The lowest BCUT2D eigenvalue weighted by molar-refractivity contribution is -0.00251. The second-order valence-corrected chi connectivity index (χ2v) is 6.20. The van der Waals surface area contributed by atoms with Crippen LogP contribution in [0.5, 0.6) is 0 Å². The Morgan fingerprint density at radius 1 is 1.18 bits per heavy atom. The summed E-state index contributed by atoms with van der Waals surface area (Å²) in [6.07, 6.45) is 6.45. The highest BCUT2D eigenvalue weighted by atomic mass is 16.5. The molecule has 3 nitrogen and oxygen atoms in total. The molecular weight excluding hydrogens is 212 g/mol. The standard InChI is InChI=1S/C14H28N2O/c1-14(2,16-8-4-3-5-9-16)13(15)12-7-6-10-17-11-12/h12-13H,3-11,15H2,1-2H3. The Labute approximate surface area is 106 Å². The molecule has 0 aromatic rings. The zero-order valence-electron chi connectivity index (χ0n) is 11.5. The van der Waals surface area contributed by atoms with E-state index in [1.807, 2.05) is 0 Å². The molecule has 0 saturated carbocycles. The van der Waals surface area contributed by atoms with E-state index in [-0.39, 0.29) is 11.6 Å². The first-order chi connectivity index (χ1) is 8.12. The van der Waals surface area contributed by atoms with Gasteiger partial charge >= 0.3 is 0 Å². The topological polar surface area (TPSA) is 38.5 Å². The summed E-state index contributed by atoms with van der Waals surface area (Å²) in [6.45, 7) is 8.85. The molecule has 2 fully saturated rings. The van der Waals surface area contributed by atoms with Gasteiger partial charge in [0.05, 0.1) is 6.61 Å². The van der Waals surface area contributed by atoms with Gasteiger partial charge in [-0.05, 0) is 58.5 Å². The molecule has 2 unspecified atom stereocenters. The lowest BCUT2D eigenvalue weighted by Crippen LogP contribution is -2.61. The van der Waals surface area contributed by atoms with Crippen molar-refractivity contribution in [2.24, 2.45) is 11.7 Å². The van der Waals surface area contributed by atoms with E-state index in [1.54, 1.807) is 0 Å². The molecule has 0 amide bonds. The van der Waals surface area contributed by atoms with Gasteiger partial charge in [0.15, 0.2) is 0 Å². The van der Waals surface area contributed by atoms with Gasteiger partial charge in [-0.15, -0.1) is 0 Å². The number of ether oxygens (including phenoxy) is 1. The Balaban J connectivity index is 1.96. The highest BCUT2D eigenvalue weighted by molar-refractivity contribution is 4.96. The molecule has 0 bridgehead atoms. The third kappa shape index (κ3) is 3.01. The molecule has 2 saturated heterocycles. The highest BCUT2D eigenvalue weighted by Crippen LogP contribution is 2.29. The summed E-state index contributed by atoms with van der Waals surface area (Å²) in [4.78, 5) is 2.59. The average molecular weight is 240 g/mol. The van der Waals surface area contributed by atoms with Crippen LogP contribution in [0, 0.1) is 5.92 Å². The van der Waals surface area contributed by atoms with Gasteiger partial charge in [-0.1, -0.05) is 6.42 Å². The summed E-state index contributed by atoms with van der Waals surface area (Å²) >= 11 is 0. The predicted molar refractivity (Wildman–Crippen MR) is 71.0 cm³/mol. The van der Waals surface area contributed by atoms with Crippen LogP contribution in [0.1, 0.15) is 46.0 Å². The average Bonchev–Trinajstić information content (AvgIpc) is 2.40. The molecule has 0 aromatic heterocycles. The lowest BCUT2D eigenvalue weighted by atomic mass is 9.80. The molecule has 2 aliphatic heterocycles. The molecule has 0 radical (unpaired) electrons. The summed E-state index contributed by atoms with van der Waals surface area (Å²) < 4.78 is 5.59. The van der Waals surface area contributed by atoms with E-state index in [0.717, 1.165) is 13.2 Å². The molecule has 0 spiro atoms. The van der Waals surface area contributed by atoms with Crippen molar-refractivity contribution in [3.63, 3.8) is 0 Å².